The standard InChI is InChI=1S/C17H24N4/c1-2-11-21-14-10-18-17(21)19-15-6-8-16(9-7-15)20-12-4-3-5-13-20/h6-10,14H,2-5,11-13H2,1H3,(H,18,19). The van der Waals surface area contributed by atoms with Crippen LogP contribution < -0.4 is 10.2 Å². The van der Waals surface area contributed by atoms with Crippen molar-refractivity contribution in [3.8, 4) is 0 Å². The predicted molar refractivity (Wildman–Crippen MR) is 88.3 cm³/mol. The fourth-order valence-corrected chi connectivity index (χ4v) is 2.89. The third kappa shape index (κ3) is 3.38. The number of nitrogens with zero attached hydrogens (tertiary/aromatic N) is 3. The Labute approximate surface area is 126 Å². The summed E-state index contributed by atoms with van der Waals surface area (Å²) >= 11 is 0. The molecule has 0 radical (unpaired) electrons. The number of piperidine rings is 1. The van der Waals surface area contributed by atoms with Gasteiger partial charge in [-0.1, -0.05) is 6.92 Å². The van der Waals surface area contributed by atoms with Crippen LogP contribution >= 0.6 is 0 Å². The Morgan fingerprint density at radius 2 is 1.86 bits per heavy atom. The molecule has 21 heavy (non-hydrogen) atoms. The molecule has 0 unspecified atom stereocenters. The Balaban J connectivity index is 1.67. The lowest BCUT2D eigenvalue weighted by molar-refractivity contribution is 0.578. The molecule has 0 amide bonds. The number of hydrogen-bond acceptors (Lipinski definition) is 3. The minimum Gasteiger partial charge on any atom is -0.372 e. The van der Waals surface area contributed by atoms with Crippen molar-refractivity contribution in [2.45, 2.75) is 39.2 Å². The molecule has 1 aromatic carbocycles. The lowest BCUT2D eigenvalue weighted by Crippen LogP contribution is -2.29. The normalized spacial score (nSPS) is 15.2. The molecule has 3 rings (SSSR count). The first-order valence-electron chi connectivity index (χ1n) is 8.00. The monoisotopic (exact) mass is 284 g/mol. The molecule has 1 aromatic heterocycles. The molecule has 1 fully saturated rings. The predicted octanol–water partition coefficient (Wildman–Crippen LogP) is 4.03. The summed E-state index contributed by atoms with van der Waals surface area (Å²) in [6.45, 7) is 5.55. The van der Waals surface area contributed by atoms with Gasteiger partial charge in [-0.25, -0.2) is 4.98 Å². The van der Waals surface area contributed by atoms with Gasteiger partial charge in [0.25, 0.3) is 0 Å². The molecule has 1 saturated heterocycles. The van der Waals surface area contributed by atoms with Crippen LogP contribution in [0.3, 0.4) is 0 Å². The van der Waals surface area contributed by atoms with Gasteiger partial charge in [-0.2, -0.15) is 0 Å². The van der Waals surface area contributed by atoms with E-state index in [0.717, 1.165) is 24.6 Å². The van der Waals surface area contributed by atoms with Crippen LogP contribution in [-0.2, 0) is 6.54 Å². The number of hydrogen-bond donors (Lipinski definition) is 1. The maximum absolute atomic E-state index is 4.38. The van der Waals surface area contributed by atoms with Crippen LogP contribution in [0.4, 0.5) is 17.3 Å². The Hall–Kier alpha value is -1.97. The zero-order valence-electron chi connectivity index (χ0n) is 12.8. The zero-order chi connectivity index (χ0) is 14.5. The summed E-state index contributed by atoms with van der Waals surface area (Å²) in [7, 11) is 0. The lowest BCUT2D eigenvalue weighted by Gasteiger charge is -2.28. The zero-order valence-corrected chi connectivity index (χ0v) is 12.8. The number of rotatable bonds is 5. The van der Waals surface area contributed by atoms with E-state index in [4.69, 9.17) is 0 Å². The number of aryl methyl sites for hydroxylation is 1. The first-order chi connectivity index (χ1) is 10.4. The number of nitrogens with one attached hydrogen (secondary N) is 1. The van der Waals surface area contributed by atoms with Gasteiger partial charge < -0.3 is 14.8 Å². The molecule has 112 valence electrons. The van der Waals surface area contributed by atoms with Crippen LogP contribution in [0, 0.1) is 0 Å². The Morgan fingerprint density at radius 1 is 1.10 bits per heavy atom. The van der Waals surface area contributed by atoms with E-state index in [0.29, 0.717) is 0 Å². The van der Waals surface area contributed by atoms with E-state index < -0.39 is 0 Å². The highest BCUT2D eigenvalue weighted by molar-refractivity contribution is 5.59. The molecule has 0 bridgehead atoms. The summed E-state index contributed by atoms with van der Waals surface area (Å²) in [4.78, 5) is 6.86. The van der Waals surface area contributed by atoms with Crippen molar-refractivity contribution >= 4 is 17.3 Å². The number of aromatic nitrogens is 2. The molecule has 4 nitrogen and oxygen atoms in total. The van der Waals surface area contributed by atoms with Crippen molar-refractivity contribution in [3.63, 3.8) is 0 Å². The highest BCUT2D eigenvalue weighted by Gasteiger charge is 2.10. The fourth-order valence-electron chi connectivity index (χ4n) is 2.89. The molecule has 1 N–H and O–H groups in total. The summed E-state index contributed by atoms with van der Waals surface area (Å²) in [5.74, 6) is 0.919. The van der Waals surface area contributed by atoms with Crippen LogP contribution in [0.5, 0.6) is 0 Å². The second kappa shape index (κ2) is 6.66. The summed E-state index contributed by atoms with van der Waals surface area (Å²) in [6, 6.07) is 8.71. The average molecular weight is 284 g/mol. The molecule has 1 aliphatic rings. The van der Waals surface area contributed by atoms with E-state index in [9.17, 15) is 0 Å². The Morgan fingerprint density at radius 3 is 2.57 bits per heavy atom. The van der Waals surface area contributed by atoms with Gasteiger partial charge in [-0.15, -0.1) is 0 Å². The van der Waals surface area contributed by atoms with Crippen LogP contribution in [0.15, 0.2) is 36.7 Å². The van der Waals surface area contributed by atoms with E-state index >= 15 is 0 Å². The lowest BCUT2D eigenvalue weighted by atomic mass is 10.1. The average Bonchev–Trinajstić information content (AvgIpc) is 2.96. The van der Waals surface area contributed by atoms with Crippen LogP contribution in [0.1, 0.15) is 32.6 Å². The molecule has 2 aromatic rings. The van der Waals surface area contributed by atoms with Gasteiger partial charge in [-0.3, -0.25) is 0 Å². The third-order valence-corrected chi connectivity index (χ3v) is 4.02. The number of anilines is 3. The van der Waals surface area contributed by atoms with Gasteiger partial charge >= 0.3 is 0 Å². The van der Waals surface area contributed by atoms with Gasteiger partial charge in [0, 0.05) is 43.4 Å². The van der Waals surface area contributed by atoms with Crippen LogP contribution in [-0.4, -0.2) is 22.6 Å². The molecular weight excluding hydrogens is 260 g/mol. The first-order valence-corrected chi connectivity index (χ1v) is 8.00. The second-order valence-electron chi connectivity index (χ2n) is 5.66. The molecule has 1 aliphatic heterocycles. The Bertz CT molecular complexity index is 552. The highest BCUT2D eigenvalue weighted by Crippen LogP contribution is 2.23. The minimum atomic E-state index is 0.919. The van der Waals surface area contributed by atoms with E-state index in [1.54, 1.807) is 0 Å². The van der Waals surface area contributed by atoms with Crippen LogP contribution in [0.2, 0.25) is 0 Å². The van der Waals surface area contributed by atoms with E-state index in [1.165, 1.54) is 38.0 Å². The Kier molecular flexibility index (Phi) is 4.43. The van der Waals surface area contributed by atoms with E-state index in [-0.39, 0.29) is 0 Å². The molecule has 0 atom stereocenters. The van der Waals surface area contributed by atoms with Gasteiger partial charge in [0.05, 0.1) is 0 Å². The van der Waals surface area contributed by atoms with Crippen molar-refractivity contribution < 1.29 is 0 Å². The molecule has 0 aliphatic carbocycles. The van der Waals surface area contributed by atoms with Crippen molar-refractivity contribution in [1.82, 2.24) is 9.55 Å². The van der Waals surface area contributed by atoms with E-state index in [2.05, 4.69) is 51.0 Å². The second-order valence-corrected chi connectivity index (χ2v) is 5.66. The molecular formula is C17H24N4. The maximum atomic E-state index is 4.38. The highest BCUT2D eigenvalue weighted by atomic mass is 15.2. The molecule has 0 saturated carbocycles. The van der Waals surface area contributed by atoms with Gasteiger partial charge in [0.2, 0.25) is 5.95 Å². The van der Waals surface area contributed by atoms with Gasteiger partial charge in [0.15, 0.2) is 0 Å². The molecule has 0 spiro atoms. The summed E-state index contributed by atoms with van der Waals surface area (Å²) in [6.07, 6.45) is 8.98. The fraction of sp³-hybridized carbons (Fsp3) is 0.471. The summed E-state index contributed by atoms with van der Waals surface area (Å²) < 4.78 is 2.15. The molecule has 4 heteroatoms. The minimum absolute atomic E-state index is 0.919. The summed E-state index contributed by atoms with van der Waals surface area (Å²) in [5, 5.41) is 3.40. The first kappa shape index (κ1) is 14.0. The van der Waals surface area contributed by atoms with Crippen molar-refractivity contribution in [1.29, 1.82) is 0 Å². The SMILES string of the molecule is CCCn1ccnc1Nc1ccc(N2CCCCC2)cc1. The van der Waals surface area contributed by atoms with Crippen molar-refractivity contribution in [3.05, 3.63) is 36.7 Å². The third-order valence-electron chi connectivity index (χ3n) is 4.02. The quantitative estimate of drug-likeness (QED) is 0.900. The van der Waals surface area contributed by atoms with Gasteiger partial charge in [0.1, 0.15) is 0 Å². The largest absolute Gasteiger partial charge is 0.372 e. The van der Waals surface area contributed by atoms with Gasteiger partial charge in [-0.05, 0) is 49.9 Å². The van der Waals surface area contributed by atoms with Crippen molar-refractivity contribution in [2.24, 2.45) is 0 Å². The van der Waals surface area contributed by atoms with Crippen molar-refractivity contribution in [2.75, 3.05) is 23.3 Å². The summed E-state index contributed by atoms with van der Waals surface area (Å²) in [5.41, 5.74) is 2.43. The van der Waals surface area contributed by atoms with Crippen LogP contribution in [0.25, 0.3) is 0 Å². The van der Waals surface area contributed by atoms with E-state index in [1.807, 2.05) is 12.4 Å². The maximum Gasteiger partial charge on any atom is 0.207 e. The molecule has 2 heterocycles. The smallest absolute Gasteiger partial charge is 0.207 e. The number of imidazole rings is 1. The topological polar surface area (TPSA) is 33.1 Å². The number of benzene rings is 1.